The second kappa shape index (κ2) is 4.19. The second-order valence-corrected chi connectivity index (χ2v) is 4.27. The number of benzene rings is 1. The van der Waals surface area contributed by atoms with E-state index < -0.39 is 28.9 Å². The highest BCUT2D eigenvalue weighted by Gasteiger charge is 2.41. The average molecular weight is 279 g/mol. The Kier molecular flexibility index (Phi) is 2.60. The van der Waals surface area contributed by atoms with E-state index in [2.05, 4.69) is 14.9 Å². The molecule has 1 amide bonds. The van der Waals surface area contributed by atoms with Crippen LogP contribution < -0.4 is 4.90 Å². The van der Waals surface area contributed by atoms with Crippen LogP contribution in [0.5, 0.6) is 0 Å². The summed E-state index contributed by atoms with van der Waals surface area (Å²) in [6.07, 6.45) is 0. The Hall–Kier alpha value is -2.64. The largest absolute Gasteiger partial charge is 0.300 e. The van der Waals surface area contributed by atoms with Crippen molar-refractivity contribution in [2.45, 2.75) is 13.5 Å². The number of amides is 1. The molecule has 0 aliphatic carbocycles. The topological polar surface area (TPSA) is 76.3 Å². The smallest absolute Gasteiger partial charge is 0.296 e. The van der Waals surface area contributed by atoms with Crippen molar-refractivity contribution >= 4 is 17.4 Å². The number of hydrogen-bond donors (Lipinski definition) is 0. The molecular formula is C12H7F2N3O3. The van der Waals surface area contributed by atoms with Gasteiger partial charge in [0.1, 0.15) is 23.0 Å². The lowest BCUT2D eigenvalue weighted by Gasteiger charge is -2.15. The monoisotopic (exact) mass is 279 g/mol. The molecule has 0 radical (unpaired) electrons. The number of anilines is 1. The molecule has 0 spiro atoms. The van der Waals surface area contributed by atoms with E-state index in [1.54, 1.807) is 6.92 Å². The van der Waals surface area contributed by atoms with Crippen LogP contribution in [0.1, 0.15) is 21.7 Å². The number of nitrogens with zero attached hydrogens (tertiary/aromatic N) is 3. The molecule has 0 saturated carbocycles. The first-order valence-electron chi connectivity index (χ1n) is 5.63. The average Bonchev–Trinajstić information content (AvgIpc) is 2.92. The van der Waals surface area contributed by atoms with Gasteiger partial charge in [-0.15, -0.1) is 0 Å². The lowest BCUT2D eigenvalue weighted by molar-refractivity contribution is -0.114. The number of aryl methyl sites for hydroxylation is 1. The van der Waals surface area contributed by atoms with Crippen LogP contribution in [0, 0.1) is 18.6 Å². The summed E-state index contributed by atoms with van der Waals surface area (Å²) in [6.45, 7) is 1.37. The molecular weight excluding hydrogens is 272 g/mol. The van der Waals surface area contributed by atoms with Crippen LogP contribution in [0.15, 0.2) is 16.8 Å². The Morgan fingerprint density at radius 2 is 1.90 bits per heavy atom. The van der Waals surface area contributed by atoms with Gasteiger partial charge >= 0.3 is 0 Å². The number of carbonyl (C=O) groups excluding carboxylic acids is 2. The van der Waals surface area contributed by atoms with Gasteiger partial charge in [-0.2, -0.15) is 0 Å². The summed E-state index contributed by atoms with van der Waals surface area (Å²) in [7, 11) is 0. The molecule has 0 fully saturated rings. The summed E-state index contributed by atoms with van der Waals surface area (Å²) in [6, 6.07) is 1.67. The minimum atomic E-state index is -1.08. The number of carbonyl (C=O) groups is 2. The van der Waals surface area contributed by atoms with Crippen molar-refractivity contribution in [3.05, 3.63) is 40.7 Å². The van der Waals surface area contributed by atoms with Gasteiger partial charge in [0.2, 0.25) is 0 Å². The highest BCUT2D eigenvalue weighted by molar-refractivity contribution is 6.52. The fraction of sp³-hybridized carbons (Fsp3) is 0.167. The fourth-order valence-electron chi connectivity index (χ4n) is 2.05. The molecule has 1 aliphatic rings. The number of rotatable bonds is 2. The molecule has 0 bridgehead atoms. The minimum Gasteiger partial charge on any atom is -0.296 e. The van der Waals surface area contributed by atoms with Gasteiger partial charge in [0.05, 0.1) is 17.8 Å². The third-order valence-corrected chi connectivity index (χ3v) is 3.07. The zero-order valence-corrected chi connectivity index (χ0v) is 10.2. The van der Waals surface area contributed by atoms with Crippen molar-refractivity contribution < 1.29 is 23.0 Å². The number of aromatic nitrogens is 2. The van der Waals surface area contributed by atoms with Gasteiger partial charge in [0, 0.05) is 0 Å². The number of hydrogen-bond acceptors (Lipinski definition) is 5. The van der Waals surface area contributed by atoms with E-state index >= 15 is 0 Å². The van der Waals surface area contributed by atoms with Crippen LogP contribution in [-0.4, -0.2) is 22.0 Å². The molecule has 20 heavy (non-hydrogen) atoms. The van der Waals surface area contributed by atoms with Crippen molar-refractivity contribution in [1.82, 2.24) is 10.3 Å². The van der Waals surface area contributed by atoms with E-state index in [-0.39, 0.29) is 17.9 Å². The summed E-state index contributed by atoms with van der Waals surface area (Å²) >= 11 is 0. The van der Waals surface area contributed by atoms with Crippen molar-refractivity contribution in [1.29, 1.82) is 0 Å². The second-order valence-electron chi connectivity index (χ2n) is 4.27. The van der Waals surface area contributed by atoms with Crippen LogP contribution in [0.25, 0.3) is 0 Å². The maximum absolute atomic E-state index is 13.8. The molecule has 0 unspecified atom stereocenters. The minimum absolute atomic E-state index is 0.215. The molecule has 0 N–H and O–H groups in total. The van der Waals surface area contributed by atoms with Crippen LogP contribution in [0.4, 0.5) is 14.5 Å². The van der Waals surface area contributed by atoms with E-state index in [1.807, 2.05) is 0 Å². The Balaban J connectivity index is 2.11. The van der Waals surface area contributed by atoms with Gasteiger partial charge in [-0.3, -0.25) is 14.5 Å². The van der Waals surface area contributed by atoms with Gasteiger partial charge in [-0.25, -0.2) is 13.4 Å². The zero-order valence-electron chi connectivity index (χ0n) is 10.2. The quantitative estimate of drug-likeness (QED) is 0.776. The highest BCUT2D eigenvalue weighted by Crippen LogP contribution is 2.34. The predicted octanol–water partition coefficient (Wildman–Crippen LogP) is 1.39. The summed E-state index contributed by atoms with van der Waals surface area (Å²) in [4.78, 5) is 24.4. The van der Waals surface area contributed by atoms with Crippen LogP contribution in [0.3, 0.4) is 0 Å². The Bertz CT molecular complexity index is 742. The number of Topliss-reactive ketones (excluding diaryl/α,β-unsaturated/α-hetero) is 1. The highest BCUT2D eigenvalue weighted by atomic mass is 19.1. The third-order valence-electron chi connectivity index (χ3n) is 3.07. The standard InChI is InChI=1S/C12H7F2N3O3/c1-5-8(16-20-15-5)4-17-10-7(14)3-2-6(13)9(10)11(18)12(17)19/h2-3H,4H2,1H3. The van der Waals surface area contributed by atoms with Crippen molar-refractivity contribution in [3.8, 4) is 0 Å². The Morgan fingerprint density at radius 3 is 2.55 bits per heavy atom. The summed E-state index contributed by atoms with van der Waals surface area (Å²) in [5, 5.41) is 7.08. The van der Waals surface area contributed by atoms with Gasteiger partial charge in [-0.05, 0) is 19.1 Å². The first-order chi connectivity index (χ1) is 9.50. The molecule has 1 aromatic carbocycles. The number of ketones is 1. The number of halogens is 2. The van der Waals surface area contributed by atoms with Gasteiger partial charge < -0.3 is 0 Å². The molecule has 2 heterocycles. The lowest BCUT2D eigenvalue weighted by Crippen LogP contribution is -2.30. The van der Waals surface area contributed by atoms with E-state index in [0.717, 1.165) is 17.0 Å². The van der Waals surface area contributed by atoms with Crippen molar-refractivity contribution in [2.75, 3.05) is 4.90 Å². The first kappa shape index (κ1) is 12.4. The van der Waals surface area contributed by atoms with E-state index in [4.69, 9.17) is 0 Å². The third kappa shape index (κ3) is 1.61. The molecule has 0 saturated heterocycles. The first-order valence-corrected chi connectivity index (χ1v) is 5.63. The predicted molar refractivity (Wildman–Crippen MR) is 60.9 cm³/mol. The normalized spacial score (nSPS) is 14.1. The van der Waals surface area contributed by atoms with Crippen molar-refractivity contribution in [3.63, 3.8) is 0 Å². The van der Waals surface area contributed by atoms with E-state index in [0.29, 0.717) is 5.69 Å². The van der Waals surface area contributed by atoms with Crippen LogP contribution in [-0.2, 0) is 11.3 Å². The summed E-state index contributed by atoms with van der Waals surface area (Å²) in [5.74, 6) is -3.87. The maximum atomic E-state index is 13.8. The lowest BCUT2D eigenvalue weighted by atomic mass is 10.1. The van der Waals surface area contributed by atoms with Crippen molar-refractivity contribution in [2.24, 2.45) is 0 Å². The molecule has 8 heteroatoms. The van der Waals surface area contributed by atoms with Gasteiger partial charge in [0.15, 0.2) is 0 Å². The molecule has 3 rings (SSSR count). The van der Waals surface area contributed by atoms with Crippen LogP contribution in [0.2, 0.25) is 0 Å². The maximum Gasteiger partial charge on any atom is 0.300 e. The molecule has 102 valence electrons. The fourth-order valence-corrected chi connectivity index (χ4v) is 2.05. The zero-order chi connectivity index (χ0) is 14.4. The summed E-state index contributed by atoms with van der Waals surface area (Å²) < 4.78 is 31.9. The van der Waals surface area contributed by atoms with Crippen LogP contribution >= 0.6 is 0 Å². The van der Waals surface area contributed by atoms with E-state index in [9.17, 15) is 18.4 Å². The van der Waals surface area contributed by atoms with E-state index in [1.165, 1.54) is 0 Å². The molecule has 2 aromatic rings. The summed E-state index contributed by atoms with van der Waals surface area (Å²) in [5.41, 5.74) is -0.260. The van der Waals surface area contributed by atoms with Gasteiger partial charge in [0.25, 0.3) is 11.7 Å². The molecule has 1 aromatic heterocycles. The Morgan fingerprint density at radius 1 is 1.20 bits per heavy atom. The Labute approximate surface area is 110 Å². The molecule has 1 aliphatic heterocycles. The SMILES string of the molecule is Cc1nonc1CN1C(=O)C(=O)c2c(F)ccc(F)c21. The molecule has 6 nitrogen and oxygen atoms in total. The van der Waals surface area contributed by atoms with Gasteiger partial charge in [-0.1, -0.05) is 10.3 Å². The number of fused-ring (bicyclic) bond motifs is 1. The molecule has 0 atom stereocenters.